The van der Waals surface area contributed by atoms with Crippen LogP contribution in [0.25, 0.3) is 0 Å². The monoisotopic (exact) mass is 491 g/mol. The summed E-state index contributed by atoms with van der Waals surface area (Å²) in [6, 6.07) is 11.3. The number of carbonyl (C=O) groups excluding carboxylic acids is 1. The van der Waals surface area contributed by atoms with Gasteiger partial charge in [-0.25, -0.2) is 12.8 Å². The lowest BCUT2D eigenvalue weighted by atomic mass is 9.97. The molecule has 1 amide bonds. The highest BCUT2D eigenvalue weighted by molar-refractivity contribution is 7.89. The molecule has 34 heavy (non-hydrogen) atoms. The quantitative estimate of drug-likeness (QED) is 0.618. The molecular formula is C24H30FN3O5S. The fourth-order valence-corrected chi connectivity index (χ4v) is 6.32. The fraction of sp³-hybridized carbons (Fsp3) is 0.458. The zero-order valence-electron chi connectivity index (χ0n) is 19.4. The lowest BCUT2D eigenvalue weighted by Gasteiger charge is -2.39. The number of piperazine rings is 1. The second-order valence-electron chi connectivity index (χ2n) is 8.48. The summed E-state index contributed by atoms with van der Waals surface area (Å²) in [5, 5.41) is 0. The van der Waals surface area contributed by atoms with E-state index in [2.05, 4.69) is 0 Å². The van der Waals surface area contributed by atoms with Crippen molar-refractivity contribution in [1.29, 1.82) is 0 Å². The highest BCUT2D eigenvalue weighted by Crippen LogP contribution is 2.33. The van der Waals surface area contributed by atoms with Crippen molar-refractivity contribution in [3.63, 3.8) is 0 Å². The van der Waals surface area contributed by atoms with Crippen molar-refractivity contribution in [1.82, 2.24) is 9.21 Å². The summed E-state index contributed by atoms with van der Waals surface area (Å²) in [4.78, 5) is 17.0. The van der Waals surface area contributed by atoms with Crippen molar-refractivity contribution in [2.45, 2.75) is 17.7 Å². The Hall–Kier alpha value is -2.85. The third-order valence-corrected chi connectivity index (χ3v) is 8.39. The minimum Gasteiger partial charge on any atom is -0.497 e. The molecule has 0 aliphatic carbocycles. The van der Waals surface area contributed by atoms with Gasteiger partial charge in [0.1, 0.15) is 22.2 Å². The van der Waals surface area contributed by atoms with Crippen LogP contribution in [0.3, 0.4) is 0 Å². The Morgan fingerprint density at radius 2 is 1.74 bits per heavy atom. The molecule has 0 N–H and O–H groups in total. The third-order valence-electron chi connectivity index (χ3n) is 6.51. The first kappa shape index (κ1) is 24.3. The van der Waals surface area contributed by atoms with Crippen LogP contribution >= 0.6 is 0 Å². The van der Waals surface area contributed by atoms with Gasteiger partial charge in [0, 0.05) is 45.3 Å². The lowest BCUT2D eigenvalue weighted by molar-refractivity contribution is -0.137. The van der Waals surface area contributed by atoms with Crippen LogP contribution in [0.1, 0.15) is 12.8 Å². The SMILES string of the molecule is COc1ccc(OC)c(S(=O)(=O)N2CCC[C@H](C(=O)N3CCN(c4ccccc4F)CC3)C2)c1. The maximum absolute atomic E-state index is 14.1. The van der Waals surface area contributed by atoms with Crippen LogP contribution in [0.15, 0.2) is 47.4 Å². The highest BCUT2D eigenvalue weighted by Gasteiger charge is 2.37. The second-order valence-corrected chi connectivity index (χ2v) is 10.4. The van der Waals surface area contributed by atoms with E-state index in [0.717, 1.165) is 0 Å². The van der Waals surface area contributed by atoms with E-state index in [1.54, 1.807) is 35.2 Å². The van der Waals surface area contributed by atoms with Crippen LogP contribution in [0, 0.1) is 11.7 Å². The van der Waals surface area contributed by atoms with E-state index in [1.165, 1.54) is 30.7 Å². The Kier molecular flexibility index (Phi) is 7.27. The zero-order chi connectivity index (χ0) is 24.3. The van der Waals surface area contributed by atoms with Crippen LogP contribution in [-0.4, -0.2) is 77.0 Å². The van der Waals surface area contributed by atoms with E-state index >= 15 is 0 Å². The Bertz CT molecular complexity index is 1140. The first-order chi connectivity index (χ1) is 16.3. The van der Waals surface area contributed by atoms with Crippen molar-refractivity contribution in [3.8, 4) is 11.5 Å². The maximum atomic E-state index is 14.1. The van der Waals surface area contributed by atoms with Crippen LogP contribution in [0.5, 0.6) is 11.5 Å². The van der Waals surface area contributed by atoms with Gasteiger partial charge in [-0.05, 0) is 37.1 Å². The molecule has 0 aromatic heterocycles. The van der Waals surface area contributed by atoms with E-state index in [0.29, 0.717) is 57.0 Å². The topological polar surface area (TPSA) is 79.4 Å². The number of hydrogen-bond donors (Lipinski definition) is 0. The molecule has 0 unspecified atom stereocenters. The smallest absolute Gasteiger partial charge is 0.246 e. The van der Waals surface area contributed by atoms with Gasteiger partial charge in [-0.3, -0.25) is 4.79 Å². The molecule has 0 spiro atoms. The summed E-state index contributed by atoms with van der Waals surface area (Å²) >= 11 is 0. The predicted molar refractivity (Wildman–Crippen MR) is 126 cm³/mol. The molecule has 1 atom stereocenters. The molecule has 0 radical (unpaired) electrons. The Morgan fingerprint density at radius 3 is 2.41 bits per heavy atom. The summed E-state index contributed by atoms with van der Waals surface area (Å²) in [6.07, 6.45) is 1.23. The number of benzene rings is 2. The molecule has 2 aliphatic rings. The average Bonchev–Trinajstić information content (AvgIpc) is 2.88. The number of sulfonamides is 1. The minimum absolute atomic E-state index is 0.0287. The molecule has 184 valence electrons. The molecule has 10 heteroatoms. The first-order valence-corrected chi connectivity index (χ1v) is 12.8. The number of nitrogens with zero attached hydrogens (tertiary/aromatic N) is 3. The standard InChI is InChI=1S/C24H30FN3O5S/c1-32-19-9-10-22(33-2)23(16-19)34(30,31)28-11-5-6-18(17-28)24(29)27-14-12-26(13-15-27)21-8-4-3-7-20(21)25/h3-4,7-10,16,18H,5-6,11-15,17H2,1-2H3/t18-/m0/s1. The normalized spacial score (nSPS) is 19.7. The van der Waals surface area contributed by atoms with Crippen molar-refractivity contribution in [2.24, 2.45) is 5.92 Å². The highest BCUT2D eigenvalue weighted by atomic mass is 32.2. The van der Waals surface area contributed by atoms with E-state index < -0.39 is 15.9 Å². The molecule has 2 aromatic rings. The summed E-state index contributed by atoms with van der Waals surface area (Å²) in [5.41, 5.74) is 0.539. The average molecular weight is 492 g/mol. The number of amides is 1. The number of halogens is 1. The minimum atomic E-state index is -3.88. The number of anilines is 1. The molecule has 2 fully saturated rings. The fourth-order valence-electron chi connectivity index (χ4n) is 4.62. The van der Waals surface area contributed by atoms with Gasteiger partial charge in [0.25, 0.3) is 0 Å². The number of hydrogen-bond acceptors (Lipinski definition) is 6. The van der Waals surface area contributed by atoms with Gasteiger partial charge in [0.05, 0.1) is 25.8 Å². The van der Waals surface area contributed by atoms with Crippen molar-refractivity contribution in [2.75, 3.05) is 58.4 Å². The Labute approximate surface area is 199 Å². The van der Waals surface area contributed by atoms with Crippen LogP contribution in [-0.2, 0) is 14.8 Å². The van der Waals surface area contributed by atoms with Crippen LogP contribution < -0.4 is 14.4 Å². The van der Waals surface area contributed by atoms with Crippen molar-refractivity contribution < 1.29 is 27.1 Å². The second kappa shape index (κ2) is 10.2. The molecular weight excluding hydrogens is 461 g/mol. The summed E-state index contributed by atoms with van der Waals surface area (Å²) < 4.78 is 52.8. The van der Waals surface area contributed by atoms with E-state index in [9.17, 15) is 17.6 Å². The number of ether oxygens (including phenoxy) is 2. The number of para-hydroxylation sites is 1. The number of carbonyl (C=O) groups is 1. The van der Waals surface area contributed by atoms with Gasteiger partial charge in [-0.2, -0.15) is 4.31 Å². The molecule has 2 aromatic carbocycles. The Morgan fingerprint density at radius 1 is 1.00 bits per heavy atom. The third kappa shape index (κ3) is 4.83. The van der Waals surface area contributed by atoms with Gasteiger partial charge in [0.2, 0.25) is 15.9 Å². The molecule has 0 saturated carbocycles. The van der Waals surface area contributed by atoms with E-state index in [1.807, 2.05) is 4.90 Å². The molecule has 2 saturated heterocycles. The lowest BCUT2D eigenvalue weighted by Crippen LogP contribution is -2.53. The largest absolute Gasteiger partial charge is 0.497 e. The summed E-state index contributed by atoms with van der Waals surface area (Å²) in [6.45, 7) is 2.47. The Balaban J connectivity index is 1.44. The van der Waals surface area contributed by atoms with E-state index in [-0.39, 0.29) is 28.9 Å². The number of piperidine rings is 1. The molecule has 2 aliphatic heterocycles. The predicted octanol–water partition coefficient (Wildman–Crippen LogP) is 2.59. The molecule has 8 nitrogen and oxygen atoms in total. The van der Waals surface area contributed by atoms with Crippen LogP contribution in [0.2, 0.25) is 0 Å². The molecule has 2 heterocycles. The summed E-state index contributed by atoms with van der Waals surface area (Å²) in [5.74, 6) is -0.0931. The van der Waals surface area contributed by atoms with Gasteiger partial charge < -0.3 is 19.3 Å². The molecule has 0 bridgehead atoms. The summed E-state index contributed by atoms with van der Waals surface area (Å²) in [7, 11) is -0.984. The van der Waals surface area contributed by atoms with Gasteiger partial charge in [0.15, 0.2) is 0 Å². The van der Waals surface area contributed by atoms with E-state index in [4.69, 9.17) is 9.47 Å². The zero-order valence-corrected chi connectivity index (χ0v) is 20.3. The molecule has 4 rings (SSSR count). The van der Waals surface area contributed by atoms with Gasteiger partial charge >= 0.3 is 0 Å². The van der Waals surface area contributed by atoms with Crippen LogP contribution in [0.4, 0.5) is 10.1 Å². The van der Waals surface area contributed by atoms with Crippen molar-refractivity contribution >= 4 is 21.6 Å². The first-order valence-electron chi connectivity index (χ1n) is 11.4. The maximum Gasteiger partial charge on any atom is 0.246 e. The number of methoxy groups -OCH3 is 2. The van der Waals surface area contributed by atoms with Gasteiger partial charge in [-0.1, -0.05) is 12.1 Å². The van der Waals surface area contributed by atoms with Gasteiger partial charge in [-0.15, -0.1) is 0 Å². The number of rotatable bonds is 6. The van der Waals surface area contributed by atoms with Crippen molar-refractivity contribution in [3.05, 3.63) is 48.3 Å².